The van der Waals surface area contributed by atoms with Gasteiger partial charge in [-0.2, -0.15) is 0 Å². The predicted octanol–water partition coefficient (Wildman–Crippen LogP) is 6.70. The van der Waals surface area contributed by atoms with Crippen LogP contribution >= 0.6 is 24.8 Å². The molecular weight excluding hydrogens is 501 g/mol. The monoisotopic (exact) mass is 535 g/mol. The van der Waals surface area contributed by atoms with Gasteiger partial charge in [0.25, 0.3) is 5.91 Å². The molecule has 37 heavy (non-hydrogen) atoms. The van der Waals surface area contributed by atoms with Gasteiger partial charge in [-0.15, -0.1) is 24.8 Å². The predicted molar refractivity (Wildman–Crippen MR) is 157 cm³/mol. The number of hydrogen-bond acceptors (Lipinski definition) is 3. The largest absolute Gasteiger partial charge is 0.335 e. The van der Waals surface area contributed by atoms with Crippen LogP contribution < -0.4 is 5.32 Å². The van der Waals surface area contributed by atoms with Gasteiger partial charge >= 0.3 is 0 Å². The minimum Gasteiger partial charge on any atom is -0.335 e. The zero-order chi connectivity index (χ0) is 24.2. The van der Waals surface area contributed by atoms with Gasteiger partial charge in [-0.25, -0.2) is 0 Å². The molecule has 0 saturated carbocycles. The summed E-state index contributed by atoms with van der Waals surface area (Å²) in [6, 6.07) is 27.6. The molecule has 1 saturated heterocycles. The molecule has 0 spiro atoms. The topological polar surface area (TPSA) is 45.2 Å². The van der Waals surface area contributed by atoms with E-state index in [-0.39, 0.29) is 36.8 Å². The zero-order valence-corrected chi connectivity index (χ0v) is 23.0. The number of carbonyl (C=O) groups is 1. The first-order chi connectivity index (χ1) is 17.1. The average molecular weight is 537 g/mol. The van der Waals surface area contributed by atoms with Gasteiger partial charge in [-0.1, -0.05) is 65.7 Å². The number of rotatable bonds is 6. The van der Waals surface area contributed by atoms with E-state index >= 15 is 0 Å². The number of para-hydroxylation sites is 1. The van der Waals surface area contributed by atoms with Gasteiger partial charge in [0, 0.05) is 42.3 Å². The summed E-state index contributed by atoms with van der Waals surface area (Å²) in [6.45, 7) is 5.68. The Morgan fingerprint density at radius 2 is 1.65 bits per heavy atom. The van der Waals surface area contributed by atoms with E-state index in [2.05, 4.69) is 83.6 Å². The molecule has 5 rings (SSSR count). The van der Waals surface area contributed by atoms with Crippen molar-refractivity contribution in [3.05, 3.63) is 113 Å². The van der Waals surface area contributed by atoms with E-state index in [9.17, 15) is 4.79 Å². The third kappa shape index (κ3) is 6.89. The summed E-state index contributed by atoms with van der Waals surface area (Å²) in [6.07, 6.45) is 4.65. The Morgan fingerprint density at radius 3 is 2.41 bits per heavy atom. The van der Waals surface area contributed by atoms with Gasteiger partial charge in [0.05, 0.1) is 5.52 Å². The third-order valence-electron chi connectivity index (χ3n) is 7.08. The summed E-state index contributed by atoms with van der Waals surface area (Å²) in [7, 11) is 0. The number of aromatic nitrogens is 1. The zero-order valence-electron chi connectivity index (χ0n) is 21.4. The van der Waals surface area contributed by atoms with Crippen molar-refractivity contribution < 1.29 is 4.79 Å². The highest BCUT2D eigenvalue weighted by molar-refractivity contribution is 5.95. The van der Waals surface area contributed by atoms with Crippen molar-refractivity contribution in [3.63, 3.8) is 0 Å². The first kappa shape index (κ1) is 28.6. The number of carbonyl (C=O) groups excluding carboxylic acids is 1. The van der Waals surface area contributed by atoms with E-state index in [0.717, 1.165) is 54.6 Å². The summed E-state index contributed by atoms with van der Waals surface area (Å²) in [5, 5.41) is 5.00. The molecule has 4 nitrogen and oxygen atoms in total. The van der Waals surface area contributed by atoms with Gasteiger partial charge in [0.15, 0.2) is 0 Å². The van der Waals surface area contributed by atoms with E-state index in [0.29, 0.717) is 6.04 Å². The second-order valence-corrected chi connectivity index (χ2v) is 9.81. The number of fused-ring (bicyclic) bond motifs is 1. The molecule has 3 aromatic carbocycles. The van der Waals surface area contributed by atoms with Crippen molar-refractivity contribution in [2.24, 2.45) is 0 Å². The summed E-state index contributed by atoms with van der Waals surface area (Å²) in [5.41, 5.74) is 6.64. The van der Waals surface area contributed by atoms with Gasteiger partial charge in [0.2, 0.25) is 0 Å². The molecule has 0 unspecified atom stereocenters. The molecule has 1 aromatic heterocycles. The van der Waals surface area contributed by atoms with Crippen LogP contribution in [0.3, 0.4) is 0 Å². The highest BCUT2D eigenvalue weighted by atomic mass is 35.5. The highest BCUT2D eigenvalue weighted by Crippen LogP contribution is 2.25. The molecule has 2 heterocycles. The molecule has 6 heteroatoms. The number of aryl methyl sites for hydroxylation is 2. The summed E-state index contributed by atoms with van der Waals surface area (Å²) in [4.78, 5) is 20.2. The smallest absolute Gasteiger partial charge is 0.254 e. The average Bonchev–Trinajstić information content (AvgIpc) is 2.87. The molecule has 2 atom stereocenters. The van der Waals surface area contributed by atoms with E-state index in [1.54, 1.807) is 0 Å². The van der Waals surface area contributed by atoms with E-state index in [4.69, 9.17) is 0 Å². The lowest BCUT2D eigenvalue weighted by Gasteiger charge is -2.40. The first-order valence-electron chi connectivity index (χ1n) is 12.6. The Kier molecular flexibility index (Phi) is 10.1. The molecule has 1 aliphatic rings. The van der Waals surface area contributed by atoms with Crippen molar-refractivity contribution in [2.45, 2.75) is 51.7 Å². The minimum atomic E-state index is 0. The molecule has 0 radical (unpaired) electrons. The molecular formula is C31H35Cl2N3O. The van der Waals surface area contributed by atoms with Crippen LogP contribution in [-0.4, -0.2) is 34.4 Å². The number of piperidine rings is 1. The standard InChI is InChI=1S/C31H33N3O.2ClH/c1-22-16-23(2)18-26(17-22)31(35)34-15-13-27(20-28(34)19-24-8-4-3-5-9-24)33-21-25-12-14-32-30-11-7-6-10-29(25)30;;/h3-12,14,16-18,27-28,33H,13,15,19-21H2,1-2H3;2*1H/t27-,28-;;/m1../s1. The lowest BCUT2D eigenvalue weighted by molar-refractivity contribution is 0.0576. The molecule has 194 valence electrons. The second-order valence-electron chi connectivity index (χ2n) is 9.81. The second kappa shape index (κ2) is 13.0. The first-order valence-corrected chi connectivity index (χ1v) is 12.6. The number of benzene rings is 3. The minimum absolute atomic E-state index is 0. The van der Waals surface area contributed by atoms with Crippen LogP contribution in [0.5, 0.6) is 0 Å². The molecule has 1 N–H and O–H groups in total. The number of pyridine rings is 1. The lowest BCUT2D eigenvalue weighted by Crippen LogP contribution is -2.51. The van der Waals surface area contributed by atoms with Crippen molar-refractivity contribution in [1.82, 2.24) is 15.2 Å². The number of likely N-dealkylation sites (tertiary alicyclic amines) is 1. The Balaban J connectivity index is 0.00000190. The third-order valence-corrected chi connectivity index (χ3v) is 7.08. The number of amides is 1. The number of halogens is 2. The summed E-state index contributed by atoms with van der Waals surface area (Å²) >= 11 is 0. The maximum atomic E-state index is 13.6. The highest BCUT2D eigenvalue weighted by Gasteiger charge is 2.32. The van der Waals surface area contributed by atoms with E-state index < -0.39 is 0 Å². The van der Waals surface area contributed by atoms with Crippen LogP contribution in [0.15, 0.2) is 85.1 Å². The molecule has 0 bridgehead atoms. The fourth-order valence-corrected chi connectivity index (χ4v) is 5.41. The van der Waals surface area contributed by atoms with Crippen LogP contribution in [0.2, 0.25) is 0 Å². The van der Waals surface area contributed by atoms with E-state index in [1.807, 2.05) is 30.5 Å². The number of hydrogen-bond donors (Lipinski definition) is 1. The van der Waals surface area contributed by atoms with Crippen molar-refractivity contribution in [2.75, 3.05) is 6.54 Å². The molecule has 1 fully saturated rings. The van der Waals surface area contributed by atoms with Crippen LogP contribution in [0, 0.1) is 13.8 Å². The van der Waals surface area contributed by atoms with Crippen molar-refractivity contribution in [3.8, 4) is 0 Å². The Morgan fingerprint density at radius 1 is 0.946 bits per heavy atom. The van der Waals surface area contributed by atoms with E-state index in [1.165, 1.54) is 16.5 Å². The SMILES string of the molecule is Cc1cc(C)cc(C(=O)N2CC[C@@H](NCc3ccnc4ccccc34)C[C@H]2Cc2ccccc2)c1.Cl.Cl. The van der Waals surface area contributed by atoms with Crippen LogP contribution in [-0.2, 0) is 13.0 Å². The Bertz CT molecular complexity index is 1300. The molecule has 1 aliphatic heterocycles. The number of nitrogens with zero attached hydrogens (tertiary/aromatic N) is 2. The fourth-order valence-electron chi connectivity index (χ4n) is 5.41. The molecule has 4 aromatic rings. The van der Waals surface area contributed by atoms with Gasteiger partial charge in [0.1, 0.15) is 0 Å². The van der Waals surface area contributed by atoms with Gasteiger partial charge in [-0.05, 0) is 68.5 Å². The van der Waals surface area contributed by atoms with Crippen molar-refractivity contribution in [1.29, 1.82) is 0 Å². The lowest BCUT2D eigenvalue weighted by atomic mass is 9.91. The number of nitrogens with one attached hydrogen (secondary N) is 1. The maximum Gasteiger partial charge on any atom is 0.254 e. The maximum absolute atomic E-state index is 13.6. The molecule has 0 aliphatic carbocycles. The fraction of sp³-hybridized carbons (Fsp3) is 0.290. The van der Waals surface area contributed by atoms with Crippen LogP contribution in [0.1, 0.15) is 45.5 Å². The van der Waals surface area contributed by atoms with Crippen LogP contribution in [0.25, 0.3) is 10.9 Å². The molecule has 1 amide bonds. The van der Waals surface area contributed by atoms with Gasteiger partial charge in [-0.3, -0.25) is 9.78 Å². The summed E-state index contributed by atoms with van der Waals surface area (Å²) in [5.74, 6) is 0.149. The van der Waals surface area contributed by atoms with Gasteiger partial charge < -0.3 is 10.2 Å². The quantitative estimate of drug-likeness (QED) is 0.298. The van der Waals surface area contributed by atoms with Crippen LogP contribution in [0.4, 0.5) is 0 Å². The van der Waals surface area contributed by atoms with Crippen molar-refractivity contribution >= 4 is 41.6 Å². The Labute approximate surface area is 232 Å². The Hall–Kier alpha value is -2.92. The summed E-state index contributed by atoms with van der Waals surface area (Å²) < 4.78 is 0. The normalized spacial score (nSPS) is 17.1.